The molecule has 0 aromatic rings. The van der Waals surface area contributed by atoms with Gasteiger partial charge in [-0.25, -0.2) is 0 Å². The molecule has 1 fully saturated rings. The molecule has 3 heteroatoms. The Balaban J connectivity index is 0.000000180. The molecule has 1 N–H and O–H groups in total. The minimum atomic E-state index is -0.139. The van der Waals surface area contributed by atoms with Crippen LogP contribution in [0, 0.1) is 0 Å². The average molecular weight is 175 g/mol. The van der Waals surface area contributed by atoms with Gasteiger partial charge in [0.2, 0.25) is 0 Å². The SMILES string of the molecule is C1CSCCN1.[CH3][Al]([CH3])[CH3]. The molecule has 0 unspecified atom stereocenters. The molecule has 0 aromatic heterocycles. The Bertz CT molecular complexity index is 50.4. The summed E-state index contributed by atoms with van der Waals surface area (Å²) >= 11 is 1.89. The van der Waals surface area contributed by atoms with Crippen molar-refractivity contribution < 1.29 is 0 Å². The molecule has 60 valence electrons. The highest BCUT2D eigenvalue weighted by atomic mass is 32.2. The van der Waals surface area contributed by atoms with E-state index in [-0.39, 0.29) is 14.1 Å². The van der Waals surface area contributed by atoms with Crippen molar-refractivity contribution in [1.29, 1.82) is 0 Å². The Morgan fingerprint density at radius 3 is 1.60 bits per heavy atom. The summed E-state index contributed by atoms with van der Waals surface area (Å²) in [6, 6.07) is 0. The molecular formula is C7H18AlNS. The summed E-state index contributed by atoms with van der Waals surface area (Å²) in [7, 11) is 0. The largest absolute Gasteiger partial charge is 0.315 e. The van der Waals surface area contributed by atoms with Crippen molar-refractivity contribution in [3.05, 3.63) is 0 Å². The van der Waals surface area contributed by atoms with Crippen molar-refractivity contribution in [3.63, 3.8) is 0 Å². The third-order valence-corrected chi connectivity index (χ3v) is 1.83. The summed E-state index contributed by atoms with van der Waals surface area (Å²) in [5.74, 6) is 9.53. The second-order valence-corrected chi connectivity index (χ2v) is 7.78. The van der Waals surface area contributed by atoms with Gasteiger partial charge in [-0.2, -0.15) is 11.8 Å². The number of nitrogens with one attached hydrogen (secondary N) is 1. The normalized spacial score (nSPS) is 17.1. The van der Waals surface area contributed by atoms with Gasteiger partial charge in [0.05, 0.1) is 0 Å². The zero-order valence-electron chi connectivity index (χ0n) is 7.31. The number of rotatable bonds is 0. The fourth-order valence-electron chi connectivity index (χ4n) is 0.516. The lowest BCUT2D eigenvalue weighted by Gasteiger charge is -2.08. The molecule has 1 aliphatic heterocycles. The van der Waals surface area contributed by atoms with Crippen molar-refractivity contribution in [1.82, 2.24) is 5.32 Å². The van der Waals surface area contributed by atoms with Crippen LogP contribution in [0.3, 0.4) is 0 Å². The van der Waals surface area contributed by atoms with Gasteiger partial charge in [-0.05, 0) is 0 Å². The Labute approximate surface area is 73.4 Å². The minimum Gasteiger partial charge on any atom is -0.315 e. The Kier molecular flexibility index (Phi) is 8.61. The van der Waals surface area contributed by atoms with E-state index in [0.717, 1.165) is 0 Å². The molecule has 0 spiro atoms. The molecular weight excluding hydrogens is 157 g/mol. The molecule has 0 saturated carbocycles. The lowest BCUT2D eigenvalue weighted by atomic mass is 10.6. The third-order valence-electron chi connectivity index (χ3n) is 0.846. The van der Waals surface area contributed by atoms with Gasteiger partial charge in [0.25, 0.3) is 14.1 Å². The lowest BCUT2D eigenvalue weighted by Crippen LogP contribution is -2.24. The maximum atomic E-state index is 3.26. The summed E-state index contributed by atoms with van der Waals surface area (Å²) in [5, 5.41) is 3.26. The fraction of sp³-hybridized carbons (Fsp3) is 1.00. The van der Waals surface area contributed by atoms with Crippen LogP contribution >= 0.6 is 11.8 Å². The first-order valence-corrected chi connectivity index (χ1v) is 8.64. The fourth-order valence-corrected chi connectivity index (χ4v) is 1.30. The lowest BCUT2D eigenvalue weighted by molar-refractivity contribution is 0.756. The zero-order chi connectivity index (χ0) is 7.82. The predicted octanol–water partition coefficient (Wildman–Crippen LogP) is 1.69. The molecule has 1 rings (SSSR count). The monoisotopic (exact) mass is 175 g/mol. The number of hydrogen-bond acceptors (Lipinski definition) is 2. The van der Waals surface area contributed by atoms with Crippen LogP contribution in [-0.4, -0.2) is 38.7 Å². The van der Waals surface area contributed by atoms with Crippen LogP contribution in [0.2, 0.25) is 17.4 Å². The van der Waals surface area contributed by atoms with E-state index in [1.54, 1.807) is 0 Å². The van der Waals surface area contributed by atoms with Crippen LogP contribution in [0.4, 0.5) is 0 Å². The minimum absolute atomic E-state index is 0.139. The van der Waals surface area contributed by atoms with E-state index in [0.29, 0.717) is 0 Å². The molecule has 1 heterocycles. The van der Waals surface area contributed by atoms with Gasteiger partial charge in [0.1, 0.15) is 0 Å². The van der Waals surface area contributed by atoms with Gasteiger partial charge < -0.3 is 5.32 Å². The van der Waals surface area contributed by atoms with Gasteiger partial charge in [0, 0.05) is 24.6 Å². The van der Waals surface area contributed by atoms with Gasteiger partial charge in [-0.3, -0.25) is 0 Å². The van der Waals surface area contributed by atoms with Crippen molar-refractivity contribution >= 4 is 25.9 Å². The Morgan fingerprint density at radius 2 is 1.50 bits per heavy atom. The second kappa shape index (κ2) is 7.94. The molecule has 1 nitrogen and oxygen atoms in total. The molecule has 0 bridgehead atoms. The zero-order valence-corrected chi connectivity index (χ0v) is 9.29. The Hall–Kier alpha value is 0.842. The molecule has 0 aromatic carbocycles. The predicted molar refractivity (Wildman–Crippen MR) is 53.5 cm³/mol. The van der Waals surface area contributed by atoms with Crippen LogP contribution in [0.1, 0.15) is 0 Å². The van der Waals surface area contributed by atoms with E-state index < -0.39 is 0 Å². The van der Waals surface area contributed by atoms with Crippen LogP contribution in [0.25, 0.3) is 0 Å². The van der Waals surface area contributed by atoms with E-state index in [9.17, 15) is 0 Å². The maximum absolute atomic E-state index is 3.26. The molecule has 0 amide bonds. The maximum Gasteiger partial charge on any atom is 0.251 e. The third kappa shape index (κ3) is 11.6. The van der Waals surface area contributed by atoms with Gasteiger partial charge in [0.15, 0.2) is 0 Å². The molecule has 10 heavy (non-hydrogen) atoms. The quantitative estimate of drug-likeness (QED) is 0.562. The smallest absolute Gasteiger partial charge is 0.251 e. The van der Waals surface area contributed by atoms with Crippen molar-refractivity contribution in [2.75, 3.05) is 24.6 Å². The molecule has 1 aliphatic rings. The first kappa shape index (κ1) is 10.8. The van der Waals surface area contributed by atoms with Crippen molar-refractivity contribution in [2.24, 2.45) is 0 Å². The standard InChI is InChI=1S/C4H9NS.3CH3.Al/c1-3-6-4-2-5-1;;;;/h5H,1-4H2;3*1H3;. The van der Waals surface area contributed by atoms with Crippen molar-refractivity contribution in [2.45, 2.75) is 17.4 Å². The average Bonchev–Trinajstić information content (AvgIpc) is 1.90. The molecule has 0 atom stereocenters. The van der Waals surface area contributed by atoms with Gasteiger partial charge in [-0.1, -0.05) is 0 Å². The summed E-state index contributed by atoms with van der Waals surface area (Å²) in [6.07, 6.45) is 0. The van der Waals surface area contributed by atoms with Crippen LogP contribution in [-0.2, 0) is 0 Å². The highest BCUT2D eigenvalue weighted by Crippen LogP contribution is 1.99. The highest BCUT2D eigenvalue weighted by Gasteiger charge is 1.93. The van der Waals surface area contributed by atoms with E-state index in [1.165, 1.54) is 24.6 Å². The first-order chi connectivity index (χ1) is 4.73. The molecule has 0 radical (unpaired) electrons. The van der Waals surface area contributed by atoms with Gasteiger partial charge >= 0.3 is 0 Å². The first-order valence-electron chi connectivity index (χ1n) is 4.02. The highest BCUT2D eigenvalue weighted by molar-refractivity contribution is 7.99. The summed E-state index contributed by atoms with van der Waals surface area (Å²) < 4.78 is 0. The number of hydrogen-bond donors (Lipinski definition) is 1. The van der Waals surface area contributed by atoms with Crippen LogP contribution < -0.4 is 5.32 Å². The topological polar surface area (TPSA) is 12.0 Å². The number of thioether (sulfide) groups is 1. The second-order valence-electron chi connectivity index (χ2n) is 3.09. The molecule has 1 saturated heterocycles. The molecule has 0 aliphatic carbocycles. The van der Waals surface area contributed by atoms with Crippen molar-refractivity contribution in [3.8, 4) is 0 Å². The van der Waals surface area contributed by atoms with E-state index in [1.807, 2.05) is 11.8 Å². The van der Waals surface area contributed by atoms with Crippen LogP contribution in [0.5, 0.6) is 0 Å². The van der Waals surface area contributed by atoms with E-state index in [4.69, 9.17) is 0 Å². The Morgan fingerprint density at radius 1 is 1.10 bits per heavy atom. The summed E-state index contributed by atoms with van der Waals surface area (Å²) in [5.41, 5.74) is 0. The van der Waals surface area contributed by atoms with E-state index in [2.05, 4.69) is 22.7 Å². The van der Waals surface area contributed by atoms with E-state index >= 15 is 0 Å². The summed E-state index contributed by atoms with van der Waals surface area (Å²) in [6.45, 7) is 2.43. The van der Waals surface area contributed by atoms with Gasteiger partial charge in [-0.15, -0.1) is 17.4 Å². The van der Waals surface area contributed by atoms with Crippen LogP contribution in [0.15, 0.2) is 0 Å². The summed E-state index contributed by atoms with van der Waals surface area (Å²) in [4.78, 5) is 0.